The van der Waals surface area contributed by atoms with Crippen LogP contribution in [0, 0.1) is 11.8 Å². The fourth-order valence-corrected chi connectivity index (χ4v) is 4.32. The number of nitrogens with one attached hydrogen (secondary N) is 4. The predicted octanol–water partition coefficient (Wildman–Crippen LogP) is -1.68. The summed E-state index contributed by atoms with van der Waals surface area (Å²) in [5.41, 5.74) is 16.5. The molecule has 4 amide bonds. The van der Waals surface area contributed by atoms with E-state index in [4.69, 9.17) is 17.2 Å². The number of hydrogen-bond donors (Lipinski definition) is 9. The van der Waals surface area contributed by atoms with Crippen molar-refractivity contribution in [2.45, 2.75) is 90.0 Å². The van der Waals surface area contributed by atoms with Gasteiger partial charge in [-0.05, 0) is 49.5 Å². The highest BCUT2D eigenvalue weighted by molar-refractivity contribution is 7.98. The van der Waals surface area contributed by atoms with Crippen molar-refractivity contribution in [2.75, 3.05) is 18.6 Å². The Balaban J connectivity index is 5.95. The molecule has 16 nitrogen and oxygen atoms in total. The summed E-state index contributed by atoms with van der Waals surface area (Å²) in [6.45, 7) is 7.00. The van der Waals surface area contributed by atoms with E-state index in [1.165, 1.54) is 11.8 Å². The second-order valence-corrected chi connectivity index (χ2v) is 11.8. The molecular formula is C26H48N8O8S. The molecule has 0 unspecified atom stereocenters. The second-order valence-electron chi connectivity index (χ2n) is 10.8. The standard InChI is InChI=1S/C26H48N8O8S/c1-13(2)11-18(25(41)42)33-24(40)20(14(3)4)34-22(38)16(7-6-9-30-26(28)29)31-23(39)17(12-19(35)36)32-21(37)15(27)8-10-43-5/h13-18,20H,6-12,27H2,1-5H3,(H,31,39)(H,32,37)(H,33,40)(H,34,38)(H,35,36)(H,41,42)(H4,28,29,30)/t15-,16-,17-,18-,20-/m0/s1. The van der Waals surface area contributed by atoms with Crippen molar-refractivity contribution in [3.05, 3.63) is 0 Å². The van der Waals surface area contributed by atoms with Crippen LogP contribution in [0.15, 0.2) is 4.99 Å². The van der Waals surface area contributed by atoms with Gasteiger partial charge in [-0.1, -0.05) is 27.7 Å². The summed E-state index contributed by atoms with van der Waals surface area (Å²) in [6.07, 6.45) is 1.70. The van der Waals surface area contributed by atoms with Crippen molar-refractivity contribution in [3.63, 3.8) is 0 Å². The Hall–Kier alpha value is -3.60. The minimum atomic E-state index is -1.55. The molecule has 43 heavy (non-hydrogen) atoms. The average molecular weight is 633 g/mol. The molecule has 0 aliphatic carbocycles. The van der Waals surface area contributed by atoms with Gasteiger partial charge in [-0.2, -0.15) is 11.8 Å². The molecule has 0 aliphatic rings. The smallest absolute Gasteiger partial charge is 0.326 e. The third kappa shape index (κ3) is 16.6. The first kappa shape index (κ1) is 39.4. The number of thioether (sulfide) groups is 1. The zero-order chi connectivity index (χ0) is 33.3. The van der Waals surface area contributed by atoms with E-state index in [0.29, 0.717) is 12.2 Å². The minimum absolute atomic E-state index is 0.0210. The molecule has 0 aromatic rings. The lowest BCUT2D eigenvalue weighted by Crippen LogP contribution is -2.59. The van der Waals surface area contributed by atoms with E-state index >= 15 is 0 Å². The van der Waals surface area contributed by atoms with Crippen LogP contribution in [-0.2, 0) is 28.8 Å². The second kappa shape index (κ2) is 20.3. The molecule has 0 fully saturated rings. The molecular weight excluding hydrogens is 584 g/mol. The van der Waals surface area contributed by atoms with Gasteiger partial charge >= 0.3 is 11.9 Å². The Morgan fingerprint density at radius 2 is 1.35 bits per heavy atom. The quantitative estimate of drug-likeness (QED) is 0.0390. The normalized spacial score (nSPS) is 14.5. The highest BCUT2D eigenvalue weighted by Crippen LogP contribution is 2.10. The van der Waals surface area contributed by atoms with Gasteiger partial charge < -0.3 is 48.7 Å². The van der Waals surface area contributed by atoms with Gasteiger partial charge in [-0.15, -0.1) is 0 Å². The number of carbonyl (C=O) groups is 6. The molecule has 246 valence electrons. The molecule has 5 atom stereocenters. The fourth-order valence-electron chi connectivity index (χ4n) is 3.83. The van der Waals surface area contributed by atoms with Crippen LogP contribution in [0.5, 0.6) is 0 Å². The lowest BCUT2D eigenvalue weighted by atomic mass is 9.99. The molecule has 0 radical (unpaired) electrons. The molecule has 0 saturated heterocycles. The summed E-state index contributed by atoms with van der Waals surface area (Å²) in [5.74, 6) is -5.92. The maximum Gasteiger partial charge on any atom is 0.326 e. The van der Waals surface area contributed by atoms with Gasteiger partial charge in [0.25, 0.3) is 0 Å². The van der Waals surface area contributed by atoms with E-state index in [-0.39, 0.29) is 37.7 Å². The number of amides is 4. The molecule has 0 rings (SSSR count). The molecule has 0 heterocycles. The number of aliphatic imine (C=N–C) groups is 1. The predicted molar refractivity (Wildman–Crippen MR) is 163 cm³/mol. The molecule has 0 saturated carbocycles. The number of carboxylic acid groups (broad SMARTS) is 2. The van der Waals surface area contributed by atoms with Crippen LogP contribution in [0.1, 0.15) is 59.8 Å². The molecule has 0 spiro atoms. The van der Waals surface area contributed by atoms with Gasteiger partial charge in [-0.25, -0.2) is 4.79 Å². The number of guanidine groups is 1. The topological polar surface area (TPSA) is 281 Å². The van der Waals surface area contributed by atoms with E-state index < -0.39 is 78.1 Å². The van der Waals surface area contributed by atoms with E-state index in [0.717, 1.165) is 0 Å². The van der Waals surface area contributed by atoms with Gasteiger partial charge in [0.15, 0.2) is 5.96 Å². The van der Waals surface area contributed by atoms with Crippen LogP contribution in [0.25, 0.3) is 0 Å². The van der Waals surface area contributed by atoms with E-state index in [1.807, 2.05) is 6.26 Å². The number of carbonyl (C=O) groups excluding carboxylic acids is 4. The van der Waals surface area contributed by atoms with Gasteiger partial charge in [0, 0.05) is 6.54 Å². The maximum absolute atomic E-state index is 13.4. The van der Waals surface area contributed by atoms with Crippen LogP contribution in [0.4, 0.5) is 0 Å². The summed E-state index contributed by atoms with van der Waals surface area (Å²) in [5, 5.41) is 28.7. The van der Waals surface area contributed by atoms with E-state index in [2.05, 4.69) is 26.3 Å². The lowest BCUT2D eigenvalue weighted by Gasteiger charge is -2.28. The first-order valence-corrected chi connectivity index (χ1v) is 15.3. The Morgan fingerprint density at radius 1 is 0.791 bits per heavy atom. The Kier molecular flexibility index (Phi) is 18.6. The van der Waals surface area contributed by atoms with E-state index in [1.54, 1.807) is 27.7 Å². The first-order chi connectivity index (χ1) is 20.0. The first-order valence-electron chi connectivity index (χ1n) is 14.0. The highest BCUT2D eigenvalue weighted by Gasteiger charge is 2.33. The third-order valence-electron chi connectivity index (χ3n) is 6.13. The van der Waals surface area contributed by atoms with E-state index in [9.17, 15) is 39.0 Å². The Morgan fingerprint density at radius 3 is 1.84 bits per heavy atom. The average Bonchev–Trinajstić information content (AvgIpc) is 2.89. The van der Waals surface area contributed by atoms with Crippen LogP contribution in [0.3, 0.4) is 0 Å². The van der Waals surface area contributed by atoms with Crippen molar-refractivity contribution in [1.82, 2.24) is 21.3 Å². The largest absolute Gasteiger partial charge is 0.481 e. The van der Waals surface area contributed by atoms with Crippen molar-refractivity contribution < 1.29 is 39.0 Å². The summed E-state index contributed by atoms with van der Waals surface area (Å²) in [4.78, 5) is 79.1. The zero-order valence-electron chi connectivity index (χ0n) is 25.4. The fraction of sp³-hybridized carbons (Fsp3) is 0.731. The molecule has 12 N–H and O–H groups in total. The lowest BCUT2D eigenvalue weighted by molar-refractivity contribution is -0.143. The molecule has 17 heteroatoms. The van der Waals surface area contributed by atoms with Gasteiger partial charge in [0.1, 0.15) is 24.2 Å². The van der Waals surface area contributed by atoms with Crippen molar-refractivity contribution in [1.29, 1.82) is 0 Å². The van der Waals surface area contributed by atoms with Crippen LogP contribution < -0.4 is 38.5 Å². The summed E-state index contributed by atoms with van der Waals surface area (Å²) >= 11 is 1.46. The van der Waals surface area contributed by atoms with Gasteiger partial charge in [0.05, 0.1) is 12.5 Å². The summed E-state index contributed by atoms with van der Waals surface area (Å²) < 4.78 is 0. The number of nitrogens with zero attached hydrogens (tertiary/aromatic N) is 1. The Bertz CT molecular complexity index is 990. The number of nitrogens with two attached hydrogens (primary N) is 3. The van der Waals surface area contributed by atoms with Gasteiger partial charge in [0.2, 0.25) is 23.6 Å². The summed E-state index contributed by atoms with van der Waals surface area (Å²) in [6, 6.07) is -6.16. The zero-order valence-corrected chi connectivity index (χ0v) is 26.2. The molecule has 0 aliphatic heterocycles. The molecule has 0 aromatic heterocycles. The molecule has 0 aromatic carbocycles. The van der Waals surface area contributed by atoms with Crippen LogP contribution in [-0.4, -0.2) is 101 Å². The third-order valence-corrected chi connectivity index (χ3v) is 6.77. The maximum atomic E-state index is 13.4. The van der Waals surface area contributed by atoms with Crippen molar-refractivity contribution >= 4 is 53.3 Å². The van der Waals surface area contributed by atoms with Crippen LogP contribution in [0.2, 0.25) is 0 Å². The van der Waals surface area contributed by atoms with Crippen molar-refractivity contribution in [2.24, 2.45) is 34.0 Å². The minimum Gasteiger partial charge on any atom is -0.481 e. The van der Waals surface area contributed by atoms with Gasteiger partial charge in [-0.3, -0.25) is 29.0 Å². The monoisotopic (exact) mass is 632 g/mol. The Labute approximate surface area is 256 Å². The molecule has 0 bridgehead atoms. The van der Waals surface area contributed by atoms with Crippen molar-refractivity contribution in [3.8, 4) is 0 Å². The number of aliphatic carboxylic acids is 2. The summed E-state index contributed by atoms with van der Waals surface area (Å²) in [7, 11) is 0. The number of rotatable bonds is 21. The number of hydrogen-bond acceptors (Lipinski definition) is 9. The highest BCUT2D eigenvalue weighted by atomic mass is 32.2. The van der Waals surface area contributed by atoms with Crippen LogP contribution >= 0.6 is 11.8 Å². The number of carboxylic acids is 2. The SMILES string of the molecule is CSCC[C@H](N)C(=O)N[C@@H](CC(=O)O)C(=O)N[C@@H](CCCN=C(N)N)C(=O)N[C@H](C(=O)N[C@@H](CC(C)C)C(=O)O)C(C)C.